The molecule has 5 nitrogen and oxygen atoms in total. The fraction of sp³-hybridized carbons (Fsp3) is 0.846. The second-order valence-corrected chi connectivity index (χ2v) is 5.08. The van der Waals surface area contributed by atoms with Gasteiger partial charge in [-0.15, -0.1) is 0 Å². The number of urea groups is 1. The van der Waals surface area contributed by atoms with Gasteiger partial charge in [-0.25, -0.2) is 4.79 Å². The number of aliphatic carboxylic acids is 1. The predicted octanol–water partition coefficient (Wildman–Crippen LogP) is 2.07. The van der Waals surface area contributed by atoms with E-state index in [1.165, 1.54) is 26.2 Å². The summed E-state index contributed by atoms with van der Waals surface area (Å²) in [7, 11) is 0. The van der Waals surface area contributed by atoms with Gasteiger partial charge in [0.2, 0.25) is 0 Å². The van der Waals surface area contributed by atoms with Crippen molar-refractivity contribution < 1.29 is 14.7 Å². The molecule has 2 N–H and O–H groups in total. The first-order valence-electron chi connectivity index (χ1n) is 6.82. The highest BCUT2D eigenvalue weighted by atomic mass is 16.4. The number of hydrogen-bond donors (Lipinski definition) is 2. The molecule has 1 saturated heterocycles. The van der Waals surface area contributed by atoms with Gasteiger partial charge in [0, 0.05) is 13.1 Å². The average molecular weight is 256 g/mol. The molecule has 0 aromatic carbocycles. The molecule has 5 heteroatoms. The number of carbonyl (C=O) groups is 2. The molecule has 2 unspecified atom stereocenters. The summed E-state index contributed by atoms with van der Waals surface area (Å²) in [6, 6.07) is -1.07. The zero-order valence-corrected chi connectivity index (χ0v) is 11.3. The lowest BCUT2D eigenvalue weighted by atomic mass is 9.96. The third-order valence-electron chi connectivity index (χ3n) is 3.54. The molecule has 1 aliphatic heterocycles. The van der Waals surface area contributed by atoms with Gasteiger partial charge in [-0.05, 0) is 32.1 Å². The summed E-state index contributed by atoms with van der Waals surface area (Å²) >= 11 is 0. The van der Waals surface area contributed by atoms with Gasteiger partial charge in [-0.2, -0.15) is 0 Å². The van der Waals surface area contributed by atoms with Crippen molar-refractivity contribution in [2.45, 2.75) is 52.0 Å². The van der Waals surface area contributed by atoms with E-state index in [4.69, 9.17) is 5.11 Å². The van der Waals surface area contributed by atoms with Crippen molar-refractivity contribution in [2.75, 3.05) is 13.1 Å². The van der Waals surface area contributed by atoms with Crippen LogP contribution in [0.2, 0.25) is 0 Å². The number of carboxylic acids is 1. The molecule has 0 aliphatic carbocycles. The van der Waals surface area contributed by atoms with Gasteiger partial charge in [0.25, 0.3) is 0 Å². The molecule has 1 rings (SSSR count). The molecule has 104 valence electrons. The van der Waals surface area contributed by atoms with E-state index in [2.05, 4.69) is 12.2 Å². The molecular formula is C13H24N2O3. The van der Waals surface area contributed by atoms with E-state index in [9.17, 15) is 9.59 Å². The van der Waals surface area contributed by atoms with Crippen LogP contribution in [0.3, 0.4) is 0 Å². The van der Waals surface area contributed by atoms with Crippen LogP contribution in [0.1, 0.15) is 46.0 Å². The van der Waals surface area contributed by atoms with E-state index in [0.29, 0.717) is 5.92 Å². The lowest BCUT2D eigenvalue weighted by molar-refractivity contribution is -0.138. The third-order valence-corrected chi connectivity index (χ3v) is 3.54. The highest BCUT2D eigenvalue weighted by Gasteiger charge is 2.22. The molecule has 1 fully saturated rings. The third kappa shape index (κ3) is 4.55. The number of rotatable bonds is 4. The number of nitrogens with one attached hydrogen (secondary N) is 1. The maximum Gasteiger partial charge on any atom is 0.325 e. The highest BCUT2D eigenvalue weighted by molar-refractivity contribution is 5.82. The monoisotopic (exact) mass is 256 g/mol. The Morgan fingerprint density at radius 3 is 2.72 bits per heavy atom. The molecule has 0 radical (unpaired) electrons. The Morgan fingerprint density at radius 1 is 1.39 bits per heavy atom. The van der Waals surface area contributed by atoms with Crippen molar-refractivity contribution in [3.63, 3.8) is 0 Å². The van der Waals surface area contributed by atoms with Crippen LogP contribution in [0, 0.1) is 5.92 Å². The van der Waals surface area contributed by atoms with E-state index >= 15 is 0 Å². The summed E-state index contributed by atoms with van der Waals surface area (Å²) in [6.07, 6.45) is 5.63. The standard InChI is InChI=1S/C13H24N2O3/c1-3-5-11-6-4-8-15(9-7-11)13(18)14-10(2)12(16)17/h10-11H,3-9H2,1-2H3,(H,14,18)(H,16,17). The van der Waals surface area contributed by atoms with Gasteiger partial charge in [-0.1, -0.05) is 19.8 Å². The molecule has 0 saturated carbocycles. The Labute approximate surface area is 109 Å². The van der Waals surface area contributed by atoms with Crippen LogP contribution in [-0.4, -0.2) is 41.1 Å². The van der Waals surface area contributed by atoms with Crippen LogP contribution in [0.5, 0.6) is 0 Å². The number of likely N-dealkylation sites (tertiary alicyclic amines) is 1. The molecule has 0 aromatic heterocycles. The van der Waals surface area contributed by atoms with E-state index in [-0.39, 0.29) is 6.03 Å². The van der Waals surface area contributed by atoms with Gasteiger partial charge in [0.05, 0.1) is 0 Å². The Morgan fingerprint density at radius 2 is 2.11 bits per heavy atom. The minimum Gasteiger partial charge on any atom is -0.480 e. The predicted molar refractivity (Wildman–Crippen MR) is 69.5 cm³/mol. The van der Waals surface area contributed by atoms with Crippen molar-refractivity contribution in [3.8, 4) is 0 Å². The molecule has 1 heterocycles. The number of nitrogens with zero attached hydrogens (tertiary/aromatic N) is 1. The maximum atomic E-state index is 11.9. The highest BCUT2D eigenvalue weighted by Crippen LogP contribution is 2.21. The SMILES string of the molecule is CCCC1CCCN(C(=O)NC(C)C(=O)O)CC1. The molecule has 18 heavy (non-hydrogen) atoms. The lowest BCUT2D eigenvalue weighted by Crippen LogP contribution is -2.47. The van der Waals surface area contributed by atoms with Crippen LogP contribution in [0.25, 0.3) is 0 Å². The summed E-state index contributed by atoms with van der Waals surface area (Å²) in [6.45, 7) is 5.14. The Balaban J connectivity index is 2.42. The van der Waals surface area contributed by atoms with Crippen molar-refractivity contribution in [1.29, 1.82) is 0 Å². The molecule has 0 bridgehead atoms. The van der Waals surface area contributed by atoms with Crippen LogP contribution < -0.4 is 5.32 Å². The number of amides is 2. The van der Waals surface area contributed by atoms with Gasteiger partial charge in [0.1, 0.15) is 6.04 Å². The smallest absolute Gasteiger partial charge is 0.325 e. The minimum atomic E-state index is -0.998. The minimum absolute atomic E-state index is 0.248. The molecular weight excluding hydrogens is 232 g/mol. The van der Waals surface area contributed by atoms with Crippen molar-refractivity contribution in [2.24, 2.45) is 5.92 Å². The Bertz CT molecular complexity index is 294. The summed E-state index contributed by atoms with van der Waals surface area (Å²) in [4.78, 5) is 24.3. The zero-order valence-electron chi connectivity index (χ0n) is 11.3. The second-order valence-electron chi connectivity index (χ2n) is 5.08. The fourth-order valence-electron chi connectivity index (χ4n) is 2.40. The van der Waals surface area contributed by atoms with Crippen LogP contribution in [0.4, 0.5) is 4.79 Å². The van der Waals surface area contributed by atoms with Gasteiger partial charge in [-0.3, -0.25) is 4.79 Å². The van der Waals surface area contributed by atoms with Crippen LogP contribution >= 0.6 is 0 Å². The Hall–Kier alpha value is -1.26. The van der Waals surface area contributed by atoms with E-state index < -0.39 is 12.0 Å². The van der Waals surface area contributed by atoms with E-state index in [0.717, 1.165) is 25.9 Å². The van der Waals surface area contributed by atoms with Crippen LogP contribution in [0.15, 0.2) is 0 Å². The molecule has 0 aromatic rings. The first kappa shape index (κ1) is 14.8. The quantitative estimate of drug-likeness (QED) is 0.809. The summed E-state index contributed by atoms with van der Waals surface area (Å²) in [5.74, 6) is -0.285. The molecule has 1 aliphatic rings. The molecule has 2 amide bonds. The first-order chi connectivity index (χ1) is 8.54. The van der Waals surface area contributed by atoms with E-state index in [1.807, 2.05) is 0 Å². The Kier molecular flexibility index (Phi) is 5.95. The van der Waals surface area contributed by atoms with Gasteiger partial charge < -0.3 is 15.3 Å². The second kappa shape index (κ2) is 7.24. The largest absolute Gasteiger partial charge is 0.480 e. The number of carboxylic acid groups (broad SMARTS) is 1. The zero-order chi connectivity index (χ0) is 13.5. The van der Waals surface area contributed by atoms with Crippen molar-refractivity contribution in [1.82, 2.24) is 10.2 Å². The summed E-state index contributed by atoms with van der Waals surface area (Å²) in [5.41, 5.74) is 0. The number of carbonyl (C=O) groups excluding carboxylic acids is 1. The summed E-state index contributed by atoms with van der Waals surface area (Å²) in [5, 5.41) is 11.3. The van der Waals surface area contributed by atoms with Crippen molar-refractivity contribution >= 4 is 12.0 Å². The fourth-order valence-corrected chi connectivity index (χ4v) is 2.40. The molecule has 0 spiro atoms. The number of hydrogen-bond acceptors (Lipinski definition) is 2. The van der Waals surface area contributed by atoms with Crippen LogP contribution in [-0.2, 0) is 4.79 Å². The maximum absolute atomic E-state index is 11.9. The van der Waals surface area contributed by atoms with E-state index in [1.54, 1.807) is 4.90 Å². The topological polar surface area (TPSA) is 69.6 Å². The lowest BCUT2D eigenvalue weighted by Gasteiger charge is -2.22. The van der Waals surface area contributed by atoms with Crippen molar-refractivity contribution in [3.05, 3.63) is 0 Å². The van der Waals surface area contributed by atoms with Gasteiger partial charge in [0.15, 0.2) is 0 Å². The average Bonchev–Trinajstić information content (AvgIpc) is 2.55. The summed E-state index contributed by atoms with van der Waals surface area (Å²) < 4.78 is 0. The van der Waals surface area contributed by atoms with Gasteiger partial charge >= 0.3 is 12.0 Å². The normalized spacial score (nSPS) is 22.1. The molecule has 2 atom stereocenters. The first-order valence-corrected chi connectivity index (χ1v) is 6.82.